The molecule has 1 N–H and O–H groups in total. The Hall–Kier alpha value is -0.950. The van der Waals surface area contributed by atoms with E-state index >= 15 is 0 Å². The van der Waals surface area contributed by atoms with Gasteiger partial charge in [0.25, 0.3) is 0 Å². The first kappa shape index (κ1) is 12.1. The maximum Gasteiger partial charge on any atom is 0.149 e. The van der Waals surface area contributed by atoms with E-state index in [1.54, 1.807) is 6.20 Å². The van der Waals surface area contributed by atoms with Crippen LogP contribution in [0.2, 0.25) is 0 Å². The topological polar surface area (TPSA) is 85.1 Å². The van der Waals surface area contributed by atoms with Crippen LogP contribution in [0.4, 0.5) is 0 Å². The second kappa shape index (κ2) is 5.22. The fraction of sp³-hybridized carbons (Fsp3) is 0.750. The number of nitrogens with zero attached hydrogens (tertiary/aromatic N) is 3. The first-order valence-electron chi connectivity index (χ1n) is 4.69. The van der Waals surface area contributed by atoms with Gasteiger partial charge >= 0.3 is 0 Å². The third kappa shape index (κ3) is 4.89. The van der Waals surface area contributed by atoms with Crippen LogP contribution in [-0.2, 0) is 22.8 Å². The summed E-state index contributed by atoms with van der Waals surface area (Å²) in [6.45, 7) is 0.446. The first-order chi connectivity index (χ1) is 7.01. The first-order valence-corrected chi connectivity index (χ1v) is 6.75. The Morgan fingerprint density at radius 1 is 1.53 bits per heavy atom. The molecule has 0 aliphatic carbocycles. The number of hydrogen-bond acceptors (Lipinski definition) is 5. The highest BCUT2D eigenvalue weighted by Crippen LogP contribution is 1.98. The number of hydrogen-bond donors (Lipinski definition) is 1. The maximum absolute atomic E-state index is 10.9. The maximum atomic E-state index is 10.9. The summed E-state index contributed by atoms with van der Waals surface area (Å²) in [4.78, 5) is 0. The molecule has 0 bridgehead atoms. The van der Waals surface area contributed by atoms with Gasteiger partial charge in [0.05, 0.1) is 18.0 Å². The molecule has 1 aromatic rings. The van der Waals surface area contributed by atoms with Crippen molar-refractivity contribution in [1.82, 2.24) is 15.0 Å². The average Bonchev–Trinajstić information content (AvgIpc) is 2.58. The lowest BCUT2D eigenvalue weighted by molar-refractivity contribution is 0.288. The van der Waals surface area contributed by atoms with Gasteiger partial charge < -0.3 is 5.11 Å². The molecule has 1 aromatic heterocycles. The van der Waals surface area contributed by atoms with Crippen molar-refractivity contribution in [2.45, 2.75) is 19.4 Å². The third-order valence-corrected chi connectivity index (χ3v) is 2.79. The summed E-state index contributed by atoms with van der Waals surface area (Å²) in [6, 6.07) is 0. The fourth-order valence-corrected chi connectivity index (χ4v) is 1.60. The summed E-state index contributed by atoms with van der Waals surface area (Å²) in [5.74, 6) is 0.0653. The van der Waals surface area contributed by atoms with Gasteiger partial charge in [-0.3, -0.25) is 4.68 Å². The van der Waals surface area contributed by atoms with Crippen molar-refractivity contribution in [3.8, 4) is 0 Å². The van der Waals surface area contributed by atoms with Gasteiger partial charge in [-0.2, -0.15) is 0 Å². The van der Waals surface area contributed by atoms with Crippen molar-refractivity contribution in [3.63, 3.8) is 0 Å². The zero-order chi connectivity index (χ0) is 11.3. The number of sulfone groups is 1. The van der Waals surface area contributed by atoms with Crippen LogP contribution in [0.5, 0.6) is 0 Å². The fourth-order valence-electron chi connectivity index (χ4n) is 1.08. The molecule has 0 aliphatic heterocycles. The van der Waals surface area contributed by atoms with Crippen LogP contribution in [0.1, 0.15) is 12.1 Å². The molecule has 1 heterocycles. The minimum absolute atomic E-state index is 0.0653. The highest BCUT2D eigenvalue weighted by atomic mass is 32.2. The number of aliphatic hydroxyl groups is 1. The zero-order valence-electron chi connectivity index (χ0n) is 8.63. The monoisotopic (exact) mass is 233 g/mol. The molecule has 0 unspecified atom stereocenters. The van der Waals surface area contributed by atoms with E-state index in [1.165, 1.54) is 10.9 Å². The van der Waals surface area contributed by atoms with Gasteiger partial charge in [0, 0.05) is 19.1 Å². The van der Waals surface area contributed by atoms with Gasteiger partial charge in [-0.15, -0.1) is 5.10 Å². The van der Waals surface area contributed by atoms with Crippen LogP contribution in [0.15, 0.2) is 6.20 Å². The van der Waals surface area contributed by atoms with Crippen molar-refractivity contribution in [2.75, 3.05) is 18.6 Å². The average molecular weight is 233 g/mol. The number of rotatable bonds is 6. The summed E-state index contributed by atoms with van der Waals surface area (Å²) >= 11 is 0. The Morgan fingerprint density at radius 2 is 2.27 bits per heavy atom. The van der Waals surface area contributed by atoms with Crippen molar-refractivity contribution in [2.24, 2.45) is 0 Å². The van der Waals surface area contributed by atoms with Crippen LogP contribution in [0, 0.1) is 0 Å². The quantitative estimate of drug-likeness (QED) is 0.698. The molecule has 0 atom stereocenters. The molecule has 6 nitrogen and oxygen atoms in total. The lowest BCUT2D eigenvalue weighted by Gasteiger charge is -1.97. The van der Waals surface area contributed by atoms with Gasteiger partial charge in [-0.1, -0.05) is 5.21 Å². The number of aryl methyl sites for hydroxylation is 2. The number of aromatic nitrogens is 3. The predicted molar refractivity (Wildman–Crippen MR) is 55.1 cm³/mol. The molecular weight excluding hydrogens is 218 g/mol. The van der Waals surface area contributed by atoms with Gasteiger partial charge in [-0.05, 0) is 12.8 Å². The lowest BCUT2D eigenvalue weighted by atomic mass is 10.3. The van der Waals surface area contributed by atoms with E-state index in [-0.39, 0.29) is 12.4 Å². The second-order valence-electron chi connectivity index (χ2n) is 3.43. The normalized spacial score (nSPS) is 11.9. The van der Waals surface area contributed by atoms with Crippen molar-refractivity contribution in [3.05, 3.63) is 11.9 Å². The molecule has 0 saturated carbocycles. The largest absolute Gasteiger partial charge is 0.396 e. The van der Waals surface area contributed by atoms with Crippen LogP contribution >= 0.6 is 0 Å². The van der Waals surface area contributed by atoms with E-state index in [2.05, 4.69) is 10.3 Å². The van der Waals surface area contributed by atoms with E-state index in [0.717, 1.165) is 5.69 Å². The molecule has 0 amide bonds. The van der Waals surface area contributed by atoms with Crippen LogP contribution in [0.3, 0.4) is 0 Å². The number of aliphatic hydroxyl groups excluding tert-OH is 1. The van der Waals surface area contributed by atoms with E-state index in [9.17, 15) is 8.42 Å². The van der Waals surface area contributed by atoms with E-state index in [4.69, 9.17) is 5.11 Å². The Balaban J connectivity index is 2.46. The summed E-state index contributed by atoms with van der Waals surface area (Å²) in [5, 5.41) is 16.3. The molecule has 0 spiro atoms. The Labute approximate surface area is 88.8 Å². The predicted octanol–water partition coefficient (Wildman–Crippen LogP) is -0.752. The van der Waals surface area contributed by atoms with Crippen LogP contribution < -0.4 is 0 Å². The Kier molecular flexibility index (Phi) is 4.22. The molecule has 86 valence electrons. The van der Waals surface area contributed by atoms with E-state index in [0.29, 0.717) is 19.4 Å². The molecule has 15 heavy (non-hydrogen) atoms. The SMILES string of the molecule is CS(=O)(=O)CCn1cc(CCCO)nn1. The highest BCUT2D eigenvalue weighted by molar-refractivity contribution is 7.90. The van der Waals surface area contributed by atoms with Gasteiger partial charge in [0.15, 0.2) is 0 Å². The van der Waals surface area contributed by atoms with Crippen LogP contribution in [0.25, 0.3) is 0 Å². The van der Waals surface area contributed by atoms with Gasteiger partial charge in [0.2, 0.25) is 0 Å². The molecule has 7 heteroatoms. The molecule has 0 fully saturated rings. The van der Waals surface area contributed by atoms with Crippen molar-refractivity contribution in [1.29, 1.82) is 0 Å². The Morgan fingerprint density at radius 3 is 2.87 bits per heavy atom. The molecule has 0 radical (unpaired) electrons. The van der Waals surface area contributed by atoms with Crippen molar-refractivity contribution >= 4 is 9.84 Å². The lowest BCUT2D eigenvalue weighted by Crippen LogP contribution is -2.11. The standard InChI is InChI=1S/C8H15N3O3S/c1-15(13,14)6-4-11-7-8(9-10-11)3-2-5-12/h7,12H,2-6H2,1H3. The van der Waals surface area contributed by atoms with Gasteiger partial charge in [0.1, 0.15) is 9.84 Å². The molecule has 0 saturated heterocycles. The molecule has 1 rings (SSSR count). The summed E-state index contributed by atoms with van der Waals surface area (Å²) in [5.41, 5.74) is 0.776. The van der Waals surface area contributed by atoms with Crippen molar-refractivity contribution < 1.29 is 13.5 Å². The van der Waals surface area contributed by atoms with Crippen LogP contribution in [-0.4, -0.2) is 47.1 Å². The minimum atomic E-state index is -2.96. The molecular formula is C8H15N3O3S. The minimum Gasteiger partial charge on any atom is -0.396 e. The smallest absolute Gasteiger partial charge is 0.149 e. The van der Waals surface area contributed by atoms with Gasteiger partial charge in [-0.25, -0.2) is 8.42 Å². The van der Waals surface area contributed by atoms with E-state index < -0.39 is 9.84 Å². The zero-order valence-corrected chi connectivity index (χ0v) is 9.44. The Bertz CT molecular complexity index is 399. The summed E-state index contributed by atoms with van der Waals surface area (Å²) in [7, 11) is -2.96. The second-order valence-corrected chi connectivity index (χ2v) is 5.69. The molecule has 0 aliphatic rings. The highest BCUT2D eigenvalue weighted by Gasteiger charge is 2.04. The van der Waals surface area contributed by atoms with E-state index in [1.807, 2.05) is 0 Å². The summed E-state index contributed by atoms with van der Waals surface area (Å²) in [6.07, 6.45) is 4.21. The molecule has 0 aromatic carbocycles. The summed E-state index contributed by atoms with van der Waals surface area (Å²) < 4.78 is 23.3. The third-order valence-electron chi connectivity index (χ3n) is 1.87.